The molecule has 1 saturated heterocycles. The minimum Gasteiger partial charge on any atom is -0.399 e. The van der Waals surface area contributed by atoms with Crippen LogP contribution in [0.4, 0.5) is 5.69 Å². The van der Waals surface area contributed by atoms with E-state index in [0.717, 1.165) is 30.5 Å². The van der Waals surface area contributed by atoms with Crippen molar-refractivity contribution in [2.75, 3.05) is 18.9 Å². The van der Waals surface area contributed by atoms with Crippen LogP contribution < -0.4 is 11.1 Å². The highest BCUT2D eigenvalue weighted by atomic mass is 16.5. The van der Waals surface area contributed by atoms with Gasteiger partial charge in [0.25, 0.3) is 0 Å². The maximum atomic E-state index is 12.7. The first-order valence-corrected chi connectivity index (χ1v) is 8.94. The van der Waals surface area contributed by atoms with Crippen LogP contribution in [0.1, 0.15) is 35.6 Å². The Labute approximate surface area is 149 Å². The van der Waals surface area contributed by atoms with Crippen molar-refractivity contribution in [3.8, 4) is 0 Å². The van der Waals surface area contributed by atoms with Crippen LogP contribution >= 0.6 is 0 Å². The summed E-state index contributed by atoms with van der Waals surface area (Å²) in [6.45, 7) is 3.40. The Morgan fingerprint density at radius 3 is 2.60 bits per heavy atom. The fourth-order valence-corrected chi connectivity index (χ4v) is 3.28. The summed E-state index contributed by atoms with van der Waals surface area (Å²) in [5.41, 5.74) is 9.92. The SMILES string of the molecule is Cc1ccc(C2OCCCC2C(=O)NCCc2ccc(N)cc2)cc1. The van der Waals surface area contributed by atoms with Gasteiger partial charge in [0, 0.05) is 18.8 Å². The maximum absolute atomic E-state index is 12.7. The van der Waals surface area contributed by atoms with Crippen molar-refractivity contribution in [3.63, 3.8) is 0 Å². The summed E-state index contributed by atoms with van der Waals surface area (Å²) in [7, 11) is 0. The summed E-state index contributed by atoms with van der Waals surface area (Å²) < 4.78 is 5.94. The molecular weight excluding hydrogens is 312 g/mol. The first kappa shape index (κ1) is 17.5. The number of hydrogen-bond donors (Lipinski definition) is 2. The molecule has 0 aliphatic carbocycles. The summed E-state index contributed by atoms with van der Waals surface area (Å²) >= 11 is 0. The van der Waals surface area contributed by atoms with Gasteiger partial charge in [0.05, 0.1) is 12.0 Å². The van der Waals surface area contributed by atoms with Crippen molar-refractivity contribution < 1.29 is 9.53 Å². The molecule has 132 valence electrons. The van der Waals surface area contributed by atoms with Crippen LogP contribution in [-0.4, -0.2) is 19.1 Å². The van der Waals surface area contributed by atoms with Gasteiger partial charge in [-0.25, -0.2) is 0 Å². The molecule has 0 spiro atoms. The fourth-order valence-electron chi connectivity index (χ4n) is 3.28. The third-order valence-corrected chi connectivity index (χ3v) is 4.76. The number of ether oxygens (including phenoxy) is 1. The smallest absolute Gasteiger partial charge is 0.226 e. The molecule has 0 radical (unpaired) electrons. The molecule has 0 aromatic heterocycles. The average Bonchev–Trinajstić information content (AvgIpc) is 2.64. The van der Waals surface area contributed by atoms with E-state index in [1.807, 2.05) is 24.3 Å². The van der Waals surface area contributed by atoms with Crippen molar-refractivity contribution in [3.05, 3.63) is 65.2 Å². The highest BCUT2D eigenvalue weighted by molar-refractivity contribution is 5.79. The number of carbonyl (C=O) groups excluding carboxylic acids is 1. The Balaban J connectivity index is 1.58. The number of aryl methyl sites for hydroxylation is 1. The number of benzene rings is 2. The van der Waals surface area contributed by atoms with Crippen LogP contribution in [0.2, 0.25) is 0 Å². The highest BCUT2D eigenvalue weighted by Gasteiger charge is 2.32. The van der Waals surface area contributed by atoms with Crippen LogP contribution in [-0.2, 0) is 16.0 Å². The molecule has 1 fully saturated rings. The lowest BCUT2D eigenvalue weighted by molar-refractivity contribution is -0.134. The van der Waals surface area contributed by atoms with Crippen LogP contribution in [0.5, 0.6) is 0 Å². The second-order valence-corrected chi connectivity index (χ2v) is 6.73. The molecule has 2 atom stereocenters. The minimum absolute atomic E-state index is 0.0840. The number of anilines is 1. The van der Waals surface area contributed by atoms with Gasteiger partial charge in [0.2, 0.25) is 5.91 Å². The minimum atomic E-state index is -0.147. The first-order valence-electron chi connectivity index (χ1n) is 8.94. The van der Waals surface area contributed by atoms with Gasteiger partial charge in [0.1, 0.15) is 0 Å². The van der Waals surface area contributed by atoms with Gasteiger partial charge < -0.3 is 15.8 Å². The van der Waals surface area contributed by atoms with Crippen molar-refractivity contribution in [2.45, 2.75) is 32.3 Å². The molecule has 0 saturated carbocycles. The lowest BCUT2D eigenvalue weighted by Gasteiger charge is -2.31. The van der Waals surface area contributed by atoms with E-state index in [4.69, 9.17) is 10.5 Å². The molecular formula is C21H26N2O2. The normalized spacial score (nSPS) is 20.2. The molecule has 2 aromatic rings. The number of nitrogen functional groups attached to an aromatic ring is 1. The van der Waals surface area contributed by atoms with Crippen LogP contribution in [0.25, 0.3) is 0 Å². The van der Waals surface area contributed by atoms with E-state index in [1.54, 1.807) is 0 Å². The first-order chi connectivity index (χ1) is 12.1. The number of nitrogens with one attached hydrogen (secondary N) is 1. The number of amides is 1. The molecule has 1 heterocycles. The van der Waals surface area contributed by atoms with Gasteiger partial charge in [-0.2, -0.15) is 0 Å². The van der Waals surface area contributed by atoms with E-state index in [1.165, 1.54) is 11.1 Å². The molecule has 1 aliphatic heterocycles. The molecule has 2 unspecified atom stereocenters. The number of nitrogens with two attached hydrogens (primary N) is 1. The van der Waals surface area contributed by atoms with Crippen LogP contribution in [0.15, 0.2) is 48.5 Å². The summed E-state index contributed by atoms with van der Waals surface area (Å²) in [6, 6.07) is 16.1. The van der Waals surface area contributed by atoms with Crippen molar-refractivity contribution in [2.24, 2.45) is 5.92 Å². The lowest BCUT2D eigenvalue weighted by atomic mass is 9.88. The van der Waals surface area contributed by atoms with E-state index in [9.17, 15) is 4.79 Å². The van der Waals surface area contributed by atoms with Crippen molar-refractivity contribution in [1.82, 2.24) is 5.32 Å². The molecule has 4 nitrogen and oxygen atoms in total. The predicted molar refractivity (Wildman–Crippen MR) is 100 cm³/mol. The molecule has 25 heavy (non-hydrogen) atoms. The molecule has 0 bridgehead atoms. The third-order valence-electron chi connectivity index (χ3n) is 4.76. The Morgan fingerprint density at radius 1 is 1.16 bits per heavy atom. The zero-order chi connectivity index (χ0) is 17.6. The zero-order valence-corrected chi connectivity index (χ0v) is 14.7. The Bertz CT molecular complexity index is 695. The second kappa shape index (κ2) is 8.17. The number of carbonyl (C=O) groups is 1. The molecule has 2 aromatic carbocycles. The highest BCUT2D eigenvalue weighted by Crippen LogP contribution is 2.33. The standard InChI is InChI=1S/C21H26N2O2/c1-15-4-8-17(9-5-15)20-19(3-2-14-25-20)21(24)23-13-12-16-6-10-18(22)11-7-16/h4-11,19-20H,2-3,12-14,22H2,1H3,(H,23,24). The molecule has 3 N–H and O–H groups in total. The van der Waals surface area contributed by atoms with Gasteiger partial charge in [0.15, 0.2) is 0 Å². The van der Waals surface area contributed by atoms with Gasteiger partial charge >= 0.3 is 0 Å². The van der Waals surface area contributed by atoms with Gasteiger partial charge in [-0.1, -0.05) is 42.0 Å². The Morgan fingerprint density at radius 2 is 1.88 bits per heavy atom. The van der Waals surface area contributed by atoms with Crippen molar-refractivity contribution in [1.29, 1.82) is 0 Å². The summed E-state index contributed by atoms with van der Waals surface area (Å²) in [5.74, 6) is -0.0383. The topological polar surface area (TPSA) is 64.3 Å². The third kappa shape index (κ3) is 4.60. The molecule has 1 aliphatic rings. The number of rotatable bonds is 5. The Kier molecular flexibility index (Phi) is 5.71. The monoisotopic (exact) mass is 338 g/mol. The lowest BCUT2D eigenvalue weighted by Crippen LogP contribution is -2.38. The summed E-state index contributed by atoms with van der Waals surface area (Å²) in [4.78, 5) is 12.7. The molecule has 1 amide bonds. The van der Waals surface area contributed by atoms with Crippen LogP contribution in [0.3, 0.4) is 0 Å². The van der Waals surface area contributed by atoms with E-state index in [2.05, 4.69) is 36.5 Å². The van der Waals surface area contributed by atoms with Gasteiger partial charge in [-0.3, -0.25) is 4.79 Å². The van der Waals surface area contributed by atoms with E-state index in [-0.39, 0.29) is 17.9 Å². The summed E-state index contributed by atoms with van der Waals surface area (Å²) in [5, 5.41) is 3.08. The predicted octanol–water partition coefficient (Wildman–Crippen LogP) is 3.40. The van der Waals surface area contributed by atoms with Gasteiger partial charge in [-0.05, 0) is 49.4 Å². The summed E-state index contributed by atoms with van der Waals surface area (Å²) in [6.07, 6.45) is 2.45. The average molecular weight is 338 g/mol. The Hall–Kier alpha value is -2.33. The van der Waals surface area contributed by atoms with E-state index < -0.39 is 0 Å². The molecule has 3 rings (SSSR count). The fraction of sp³-hybridized carbons (Fsp3) is 0.381. The molecule has 4 heteroatoms. The number of hydrogen-bond acceptors (Lipinski definition) is 3. The van der Waals surface area contributed by atoms with Gasteiger partial charge in [-0.15, -0.1) is 0 Å². The second-order valence-electron chi connectivity index (χ2n) is 6.73. The zero-order valence-electron chi connectivity index (χ0n) is 14.7. The van der Waals surface area contributed by atoms with Crippen molar-refractivity contribution >= 4 is 11.6 Å². The van der Waals surface area contributed by atoms with Crippen LogP contribution in [0, 0.1) is 12.8 Å². The largest absolute Gasteiger partial charge is 0.399 e. The van der Waals surface area contributed by atoms with E-state index >= 15 is 0 Å². The maximum Gasteiger partial charge on any atom is 0.226 e. The quantitative estimate of drug-likeness (QED) is 0.821. The van der Waals surface area contributed by atoms with E-state index in [0.29, 0.717) is 13.2 Å².